The molecule has 0 fully saturated rings. The maximum absolute atomic E-state index is 14.1. The van der Waals surface area contributed by atoms with Gasteiger partial charge < -0.3 is 9.98 Å². The van der Waals surface area contributed by atoms with Gasteiger partial charge in [0.05, 0.1) is 18.3 Å². The van der Waals surface area contributed by atoms with Gasteiger partial charge in [-0.2, -0.15) is 13.2 Å². The number of aromatic nitrogens is 3. The summed E-state index contributed by atoms with van der Waals surface area (Å²) in [5.41, 5.74) is -0.958. The van der Waals surface area contributed by atoms with Crippen LogP contribution >= 0.6 is 0 Å². The fourth-order valence-electron chi connectivity index (χ4n) is 3.25. The van der Waals surface area contributed by atoms with Crippen LogP contribution < -0.4 is 0 Å². The quantitative estimate of drug-likeness (QED) is 0.504. The number of imidazole rings is 1. The SMILES string of the molecule is N=C1Cn2c(nc3cnc(C(F)(F)F)cc32)CC1c1cc(F)c(F)cc1F. The summed E-state index contributed by atoms with van der Waals surface area (Å²) in [6.07, 6.45) is -3.67. The zero-order chi connectivity index (χ0) is 19.5. The summed E-state index contributed by atoms with van der Waals surface area (Å²) < 4.78 is 80.8. The lowest BCUT2D eigenvalue weighted by Gasteiger charge is -2.25. The first kappa shape index (κ1) is 17.5. The first-order valence-electron chi connectivity index (χ1n) is 7.79. The highest BCUT2D eigenvalue weighted by Crippen LogP contribution is 2.34. The van der Waals surface area contributed by atoms with Crippen molar-refractivity contribution in [3.05, 3.63) is 58.9 Å². The van der Waals surface area contributed by atoms with E-state index in [0.717, 1.165) is 12.3 Å². The van der Waals surface area contributed by atoms with Gasteiger partial charge in [-0.15, -0.1) is 0 Å². The van der Waals surface area contributed by atoms with Crippen LogP contribution in [0, 0.1) is 22.9 Å². The first-order chi connectivity index (χ1) is 12.6. The Morgan fingerprint density at radius 1 is 1.04 bits per heavy atom. The normalized spacial score (nSPS) is 17.4. The summed E-state index contributed by atoms with van der Waals surface area (Å²) in [7, 11) is 0. The van der Waals surface area contributed by atoms with Gasteiger partial charge >= 0.3 is 6.18 Å². The van der Waals surface area contributed by atoms with E-state index in [9.17, 15) is 26.3 Å². The largest absolute Gasteiger partial charge is 0.433 e. The Morgan fingerprint density at radius 2 is 1.74 bits per heavy atom. The molecule has 1 aromatic carbocycles. The average Bonchev–Trinajstić information content (AvgIpc) is 2.93. The van der Waals surface area contributed by atoms with Crippen LogP contribution in [-0.4, -0.2) is 20.2 Å². The van der Waals surface area contributed by atoms with Crippen molar-refractivity contribution < 1.29 is 26.3 Å². The monoisotopic (exact) mass is 384 g/mol. The van der Waals surface area contributed by atoms with E-state index in [1.54, 1.807) is 0 Å². The molecular formula is C17H10F6N4. The van der Waals surface area contributed by atoms with E-state index < -0.39 is 35.2 Å². The number of alkyl halides is 3. The van der Waals surface area contributed by atoms with Crippen LogP contribution in [0.4, 0.5) is 26.3 Å². The van der Waals surface area contributed by atoms with Gasteiger partial charge in [0.1, 0.15) is 22.9 Å². The minimum absolute atomic E-state index is 0.0309. The molecule has 0 aliphatic carbocycles. The standard InChI is InChI=1S/C17H10F6N4/c18-9-3-11(20)10(19)1-7(9)8-2-16-26-13-5-25-15(17(21,22)23)4-14(13)27(16)6-12(8)24/h1,3-5,8,24H,2,6H2. The summed E-state index contributed by atoms with van der Waals surface area (Å²) in [5, 5.41) is 8.16. The summed E-state index contributed by atoms with van der Waals surface area (Å²) in [4.78, 5) is 7.55. The molecule has 0 radical (unpaired) electrons. The van der Waals surface area contributed by atoms with E-state index in [2.05, 4.69) is 9.97 Å². The van der Waals surface area contributed by atoms with Crippen molar-refractivity contribution in [2.75, 3.05) is 0 Å². The summed E-state index contributed by atoms with van der Waals surface area (Å²) in [6.45, 7) is -0.143. The molecule has 3 heterocycles. The number of fused-ring (bicyclic) bond motifs is 3. The molecule has 1 aliphatic heterocycles. The number of rotatable bonds is 1. The lowest BCUT2D eigenvalue weighted by atomic mass is 9.88. The zero-order valence-corrected chi connectivity index (χ0v) is 13.4. The van der Waals surface area contributed by atoms with Crippen LogP contribution in [0.3, 0.4) is 0 Å². The number of hydrogen-bond donors (Lipinski definition) is 1. The Hall–Kier alpha value is -2.91. The molecule has 0 saturated heterocycles. The molecule has 1 aliphatic rings. The number of pyridine rings is 1. The highest BCUT2D eigenvalue weighted by Gasteiger charge is 2.35. The molecule has 0 amide bonds. The van der Waals surface area contributed by atoms with Crippen LogP contribution in [0.15, 0.2) is 24.4 Å². The van der Waals surface area contributed by atoms with Gasteiger partial charge in [0, 0.05) is 29.7 Å². The number of benzene rings is 1. The van der Waals surface area contributed by atoms with Gasteiger partial charge in [-0.05, 0) is 12.1 Å². The molecule has 3 aromatic rings. The molecule has 1 atom stereocenters. The Labute approximate surface area is 148 Å². The number of nitrogens with one attached hydrogen (secondary N) is 1. The van der Waals surface area contributed by atoms with Gasteiger partial charge in [0.2, 0.25) is 0 Å². The van der Waals surface area contributed by atoms with Crippen molar-refractivity contribution in [3.8, 4) is 0 Å². The number of halogens is 6. The third kappa shape index (κ3) is 2.84. The van der Waals surface area contributed by atoms with Crippen LogP contribution in [-0.2, 0) is 19.1 Å². The highest BCUT2D eigenvalue weighted by atomic mass is 19.4. The third-order valence-corrected chi connectivity index (χ3v) is 4.55. The van der Waals surface area contributed by atoms with E-state index >= 15 is 0 Å². The molecule has 2 aromatic heterocycles. The van der Waals surface area contributed by atoms with Crippen molar-refractivity contribution >= 4 is 16.7 Å². The minimum Gasteiger partial charge on any atom is -0.322 e. The van der Waals surface area contributed by atoms with Crippen LogP contribution in [0.2, 0.25) is 0 Å². The van der Waals surface area contributed by atoms with Crippen molar-refractivity contribution in [3.63, 3.8) is 0 Å². The maximum atomic E-state index is 14.1. The topological polar surface area (TPSA) is 54.6 Å². The molecule has 1 unspecified atom stereocenters. The molecular weight excluding hydrogens is 374 g/mol. The molecule has 27 heavy (non-hydrogen) atoms. The highest BCUT2D eigenvalue weighted by molar-refractivity contribution is 5.91. The van der Waals surface area contributed by atoms with Crippen LogP contribution in [0.25, 0.3) is 11.0 Å². The van der Waals surface area contributed by atoms with Crippen molar-refractivity contribution in [2.45, 2.75) is 25.1 Å². The van der Waals surface area contributed by atoms with E-state index in [1.807, 2.05) is 0 Å². The summed E-state index contributed by atoms with van der Waals surface area (Å²) in [5.74, 6) is -4.14. The average molecular weight is 384 g/mol. The first-order valence-corrected chi connectivity index (χ1v) is 7.79. The van der Waals surface area contributed by atoms with E-state index in [0.29, 0.717) is 18.0 Å². The Balaban J connectivity index is 1.79. The van der Waals surface area contributed by atoms with Crippen molar-refractivity contribution in [1.82, 2.24) is 14.5 Å². The smallest absolute Gasteiger partial charge is 0.322 e. The Kier molecular flexibility index (Phi) is 3.76. The second-order valence-corrected chi connectivity index (χ2v) is 6.24. The third-order valence-electron chi connectivity index (χ3n) is 4.55. The predicted octanol–water partition coefficient (Wildman–Crippen LogP) is 4.23. The van der Waals surface area contributed by atoms with E-state index in [4.69, 9.17) is 5.41 Å². The fourth-order valence-corrected chi connectivity index (χ4v) is 3.25. The van der Waals surface area contributed by atoms with Crippen molar-refractivity contribution in [2.24, 2.45) is 0 Å². The maximum Gasteiger partial charge on any atom is 0.433 e. The molecule has 4 rings (SSSR count). The predicted molar refractivity (Wildman–Crippen MR) is 83.0 cm³/mol. The summed E-state index contributed by atoms with van der Waals surface area (Å²) >= 11 is 0. The van der Waals surface area contributed by atoms with E-state index in [-0.39, 0.29) is 35.3 Å². The van der Waals surface area contributed by atoms with Gasteiger partial charge in [-0.1, -0.05) is 0 Å². The zero-order valence-electron chi connectivity index (χ0n) is 13.4. The molecule has 10 heteroatoms. The minimum atomic E-state index is -4.63. The Bertz CT molecular complexity index is 1090. The summed E-state index contributed by atoms with van der Waals surface area (Å²) in [6, 6.07) is 1.96. The number of nitrogens with zero attached hydrogens (tertiary/aromatic N) is 3. The molecule has 0 spiro atoms. The van der Waals surface area contributed by atoms with Gasteiger partial charge in [-0.25, -0.2) is 23.1 Å². The van der Waals surface area contributed by atoms with Crippen LogP contribution in [0.1, 0.15) is 23.0 Å². The number of hydrogen-bond acceptors (Lipinski definition) is 3. The fraction of sp³-hybridized carbons (Fsp3) is 0.235. The lowest BCUT2D eigenvalue weighted by molar-refractivity contribution is -0.141. The molecule has 4 nitrogen and oxygen atoms in total. The van der Waals surface area contributed by atoms with Crippen molar-refractivity contribution in [1.29, 1.82) is 5.41 Å². The van der Waals surface area contributed by atoms with Gasteiger partial charge in [-0.3, -0.25) is 0 Å². The second-order valence-electron chi connectivity index (χ2n) is 6.24. The van der Waals surface area contributed by atoms with Gasteiger partial charge in [0.25, 0.3) is 0 Å². The Morgan fingerprint density at radius 3 is 2.44 bits per heavy atom. The van der Waals surface area contributed by atoms with Crippen LogP contribution in [0.5, 0.6) is 0 Å². The van der Waals surface area contributed by atoms with Gasteiger partial charge in [0.15, 0.2) is 11.6 Å². The molecule has 140 valence electrons. The molecule has 0 saturated carbocycles. The molecule has 1 N–H and O–H groups in total. The lowest BCUT2D eigenvalue weighted by Crippen LogP contribution is -2.28. The second kappa shape index (κ2) is 5.80. The van der Waals surface area contributed by atoms with E-state index in [1.165, 1.54) is 4.57 Å². The molecule has 0 bridgehead atoms.